The zero-order chi connectivity index (χ0) is 13.5. The van der Waals surface area contributed by atoms with Crippen molar-refractivity contribution in [1.29, 1.82) is 0 Å². The first-order valence-corrected chi connectivity index (χ1v) is 8.09. The first kappa shape index (κ1) is 12.1. The molecule has 0 aliphatic rings. The zero-order valence-electron chi connectivity index (χ0n) is 10.6. The maximum absolute atomic E-state index is 3.48. The van der Waals surface area contributed by atoms with Crippen molar-refractivity contribution >= 4 is 47.4 Å². The monoisotopic (exact) mass is 338 g/mol. The number of rotatable bonds is 1. The largest absolute Gasteiger partial charge is 0.135 e. The van der Waals surface area contributed by atoms with E-state index in [1.807, 2.05) is 11.3 Å². The number of hydrogen-bond donors (Lipinski definition) is 0. The summed E-state index contributed by atoms with van der Waals surface area (Å²) in [6.45, 7) is 0. The first-order chi connectivity index (χ1) is 9.81. The number of thiophene rings is 1. The smallest absolute Gasteiger partial charge is 0.0361 e. The van der Waals surface area contributed by atoms with Gasteiger partial charge in [-0.25, -0.2) is 0 Å². The van der Waals surface area contributed by atoms with Crippen molar-refractivity contribution in [2.45, 2.75) is 0 Å². The molecular formula is C18H11BrS. The van der Waals surface area contributed by atoms with Gasteiger partial charge in [0.1, 0.15) is 0 Å². The van der Waals surface area contributed by atoms with Gasteiger partial charge in [0.05, 0.1) is 0 Å². The highest BCUT2D eigenvalue weighted by molar-refractivity contribution is 9.10. The molecule has 0 bridgehead atoms. The minimum Gasteiger partial charge on any atom is -0.135 e. The van der Waals surface area contributed by atoms with E-state index >= 15 is 0 Å². The lowest BCUT2D eigenvalue weighted by molar-refractivity contribution is 1.62. The first-order valence-electron chi connectivity index (χ1n) is 6.48. The van der Waals surface area contributed by atoms with Gasteiger partial charge in [-0.1, -0.05) is 58.4 Å². The Bertz CT molecular complexity index is 904. The van der Waals surface area contributed by atoms with Gasteiger partial charge in [-0.15, -0.1) is 11.3 Å². The SMILES string of the molecule is Brc1ccc(-c2ccc3c(c2)sc2ccccc23)cc1. The summed E-state index contributed by atoms with van der Waals surface area (Å²) in [4.78, 5) is 0. The maximum Gasteiger partial charge on any atom is 0.0361 e. The average molecular weight is 339 g/mol. The quantitative estimate of drug-likeness (QED) is 0.372. The third kappa shape index (κ3) is 1.96. The number of halogens is 1. The predicted molar refractivity (Wildman–Crippen MR) is 92.5 cm³/mol. The number of hydrogen-bond acceptors (Lipinski definition) is 1. The molecule has 4 rings (SSSR count). The molecule has 96 valence electrons. The second-order valence-electron chi connectivity index (χ2n) is 4.82. The van der Waals surface area contributed by atoms with Gasteiger partial charge in [-0.05, 0) is 35.4 Å². The molecule has 3 aromatic carbocycles. The van der Waals surface area contributed by atoms with E-state index in [0.29, 0.717) is 0 Å². The molecule has 0 amide bonds. The van der Waals surface area contributed by atoms with E-state index in [0.717, 1.165) is 4.47 Å². The lowest BCUT2D eigenvalue weighted by Gasteiger charge is -2.02. The average Bonchev–Trinajstić information content (AvgIpc) is 2.85. The van der Waals surface area contributed by atoms with Crippen LogP contribution in [0.2, 0.25) is 0 Å². The van der Waals surface area contributed by atoms with Gasteiger partial charge in [0.25, 0.3) is 0 Å². The fraction of sp³-hybridized carbons (Fsp3) is 0. The molecule has 0 atom stereocenters. The molecule has 0 aliphatic carbocycles. The van der Waals surface area contributed by atoms with E-state index in [1.165, 1.54) is 31.3 Å². The lowest BCUT2D eigenvalue weighted by Crippen LogP contribution is -1.76. The van der Waals surface area contributed by atoms with Crippen molar-refractivity contribution in [3.63, 3.8) is 0 Å². The molecule has 0 aliphatic heterocycles. The molecule has 0 unspecified atom stereocenters. The van der Waals surface area contributed by atoms with Gasteiger partial charge >= 0.3 is 0 Å². The lowest BCUT2D eigenvalue weighted by atomic mass is 10.0. The van der Waals surface area contributed by atoms with Crippen LogP contribution in [0.4, 0.5) is 0 Å². The van der Waals surface area contributed by atoms with Crippen LogP contribution in [0.15, 0.2) is 71.2 Å². The highest BCUT2D eigenvalue weighted by atomic mass is 79.9. The number of fused-ring (bicyclic) bond motifs is 3. The third-order valence-electron chi connectivity index (χ3n) is 3.56. The molecule has 0 nitrogen and oxygen atoms in total. The van der Waals surface area contributed by atoms with Crippen LogP contribution in [0, 0.1) is 0 Å². The van der Waals surface area contributed by atoms with Crippen LogP contribution in [0.5, 0.6) is 0 Å². The standard InChI is InChI=1S/C18H11BrS/c19-14-8-5-12(6-9-14)13-7-10-16-15-3-1-2-4-17(15)20-18(16)11-13/h1-11H. The molecular weight excluding hydrogens is 328 g/mol. The fourth-order valence-corrected chi connectivity index (χ4v) is 3.96. The fourth-order valence-electron chi connectivity index (χ4n) is 2.55. The Morgan fingerprint density at radius 2 is 1.35 bits per heavy atom. The molecule has 0 spiro atoms. The van der Waals surface area contributed by atoms with Gasteiger partial charge in [0, 0.05) is 24.6 Å². The van der Waals surface area contributed by atoms with Gasteiger partial charge in [-0.3, -0.25) is 0 Å². The molecule has 0 saturated carbocycles. The Labute approximate surface area is 129 Å². The second kappa shape index (κ2) is 4.72. The molecule has 1 aromatic heterocycles. The van der Waals surface area contributed by atoms with Crippen molar-refractivity contribution in [2.24, 2.45) is 0 Å². The van der Waals surface area contributed by atoms with E-state index in [4.69, 9.17) is 0 Å². The van der Waals surface area contributed by atoms with Crippen LogP contribution in [0.25, 0.3) is 31.3 Å². The molecule has 0 N–H and O–H groups in total. The van der Waals surface area contributed by atoms with Crippen molar-refractivity contribution < 1.29 is 0 Å². The molecule has 4 aromatic rings. The Hall–Kier alpha value is -1.64. The summed E-state index contributed by atoms with van der Waals surface area (Å²) in [7, 11) is 0. The normalized spacial score (nSPS) is 11.2. The Balaban J connectivity index is 1.94. The summed E-state index contributed by atoms with van der Waals surface area (Å²) in [6, 6.07) is 23.8. The molecule has 2 heteroatoms. The summed E-state index contributed by atoms with van der Waals surface area (Å²) < 4.78 is 3.83. The molecule has 0 saturated heterocycles. The van der Waals surface area contributed by atoms with E-state index in [-0.39, 0.29) is 0 Å². The van der Waals surface area contributed by atoms with Crippen LogP contribution in [0.1, 0.15) is 0 Å². The van der Waals surface area contributed by atoms with Crippen molar-refractivity contribution in [2.75, 3.05) is 0 Å². The van der Waals surface area contributed by atoms with Crippen molar-refractivity contribution in [3.05, 3.63) is 71.2 Å². The molecule has 0 radical (unpaired) electrons. The van der Waals surface area contributed by atoms with Gasteiger partial charge in [0.15, 0.2) is 0 Å². The second-order valence-corrected chi connectivity index (χ2v) is 6.82. The van der Waals surface area contributed by atoms with E-state index in [9.17, 15) is 0 Å². The minimum atomic E-state index is 1.11. The van der Waals surface area contributed by atoms with Crippen LogP contribution < -0.4 is 0 Å². The van der Waals surface area contributed by atoms with Gasteiger partial charge < -0.3 is 0 Å². The summed E-state index contributed by atoms with van der Waals surface area (Å²) in [5.41, 5.74) is 2.53. The minimum absolute atomic E-state index is 1.11. The summed E-state index contributed by atoms with van der Waals surface area (Å²) in [5.74, 6) is 0. The topological polar surface area (TPSA) is 0 Å². The maximum atomic E-state index is 3.48. The third-order valence-corrected chi connectivity index (χ3v) is 5.22. The van der Waals surface area contributed by atoms with Gasteiger partial charge in [-0.2, -0.15) is 0 Å². The van der Waals surface area contributed by atoms with Crippen LogP contribution in [-0.2, 0) is 0 Å². The van der Waals surface area contributed by atoms with Crippen molar-refractivity contribution in [1.82, 2.24) is 0 Å². The van der Waals surface area contributed by atoms with Crippen molar-refractivity contribution in [3.8, 4) is 11.1 Å². The molecule has 20 heavy (non-hydrogen) atoms. The Kier molecular flexibility index (Phi) is 2.86. The van der Waals surface area contributed by atoms with E-state index < -0.39 is 0 Å². The molecule has 0 fully saturated rings. The summed E-state index contributed by atoms with van der Waals surface area (Å²) >= 11 is 5.35. The Morgan fingerprint density at radius 3 is 2.20 bits per heavy atom. The summed E-state index contributed by atoms with van der Waals surface area (Å²) in [5, 5.41) is 2.71. The number of benzene rings is 3. The molecule has 1 heterocycles. The zero-order valence-corrected chi connectivity index (χ0v) is 13.0. The van der Waals surface area contributed by atoms with Crippen LogP contribution >= 0.6 is 27.3 Å². The predicted octanol–water partition coefficient (Wildman–Crippen LogP) is 6.48. The Morgan fingerprint density at radius 1 is 0.650 bits per heavy atom. The highest BCUT2D eigenvalue weighted by Gasteiger charge is 2.06. The highest BCUT2D eigenvalue weighted by Crippen LogP contribution is 2.36. The van der Waals surface area contributed by atoms with E-state index in [2.05, 4.69) is 82.7 Å². The summed E-state index contributed by atoms with van der Waals surface area (Å²) in [6.07, 6.45) is 0. The van der Waals surface area contributed by atoms with Gasteiger partial charge in [0.2, 0.25) is 0 Å². The van der Waals surface area contributed by atoms with Crippen LogP contribution in [0.3, 0.4) is 0 Å². The van der Waals surface area contributed by atoms with E-state index in [1.54, 1.807) is 0 Å². The van der Waals surface area contributed by atoms with Crippen LogP contribution in [-0.4, -0.2) is 0 Å².